The molecule has 1 heterocycles. The van der Waals surface area contributed by atoms with Crippen molar-refractivity contribution in [3.63, 3.8) is 0 Å². The lowest BCUT2D eigenvalue weighted by atomic mass is 10.2. The molecule has 0 unspecified atom stereocenters. The Bertz CT molecular complexity index is 375. The molecule has 1 aromatic carbocycles. The van der Waals surface area contributed by atoms with Crippen LogP contribution in [0.5, 0.6) is 0 Å². The molecule has 3 heteroatoms. The van der Waals surface area contributed by atoms with E-state index in [2.05, 4.69) is 9.74 Å². The highest BCUT2D eigenvalue weighted by Crippen LogP contribution is 2.27. The van der Waals surface area contributed by atoms with Crippen molar-refractivity contribution in [2.24, 2.45) is 0 Å². The fourth-order valence-corrected chi connectivity index (χ4v) is 1.76. The molecule has 72 valence electrons. The highest BCUT2D eigenvalue weighted by atomic mass is 19.1. The molecule has 1 aromatic rings. The molecular weight excluding hydrogens is 179 g/mol. The number of benzene rings is 1. The van der Waals surface area contributed by atoms with E-state index in [1.54, 1.807) is 12.1 Å². The van der Waals surface area contributed by atoms with Gasteiger partial charge in [0.15, 0.2) is 0 Å². The van der Waals surface area contributed by atoms with Gasteiger partial charge in [0.25, 0.3) is 0 Å². The number of anilines is 1. The normalized spacial score (nSPS) is 15.6. The zero-order chi connectivity index (χ0) is 9.97. The van der Waals surface area contributed by atoms with Crippen molar-refractivity contribution in [3.8, 4) is 0 Å². The van der Waals surface area contributed by atoms with Gasteiger partial charge in [0.2, 0.25) is 5.69 Å². The predicted octanol–water partition coefficient (Wildman–Crippen LogP) is 2.98. The highest BCUT2D eigenvalue weighted by Gasteiger charge is 2.13. The van der Waals surface area contributed by atoms with E-state index in [1.165, 1.54) is 18.9 Å². The molecule has 2 nitrogen and oxygen atoms in total. The van der Waals surface area contributed by atoms with Crippen LogP contribution in [0.1, 0.15) is 12.8 Å². The molecule has 14 heavy (non-hydrogen) atoms. The van der Waals surface area contributed by atoms with E-state index in [1.807, 2.05) is 0 Å². The molecule has 0 radical (unpaired) electrons. The number of nitrogens with zero attached hydrogens (tertiary/aromatic N) is 2. The number of rotatable bonds is 1. The van der Waals surface area contributed by atoms with Crippen molar-refractivity contribution in [1.82, 2.24) is 0 Å². The first-order valence-corrected chi connectivity index (χ1v) is 4.73. The summed E-state index contributed by atoms with van der Waals surface area (Å²) in [5, 5.41) is 0. The van der Waals surface area contributed by atoms with Crippen molar-refractivity contribution < 1.29 is 4.39 Å². The molecule has 0 N–H and O–H groups in total. The van der Waals surface area contributed by atoms with Crippen LogP contribution in [0.3, 0.4) is 0 Å². The zero-order valence-electron chi connectivity index (χ0n) is 7.83. The van der Waals surface area contributed by atoms with E-state index in [-0.39, 0.29) is 5.69 Å². The third-order valence-electron chi connectivity index (χ3n) is 2.52. The van der Waals surface area contributed by atoms with Crippen LogP contribution in [0, 0.1) is 12.4 Å². The molecular formula is C11H11FN2. The van der Waals surface area contributed by atoms with Gasteiger partial charge in [0.1, 0.15) is 5.82 Å². The van der Waals surface area contributed by atoms with Gasteiger partial charge in [-0.25, -0.2) is 9.24 Å². The summed E-state index contributed by atoms with van der Waals surface area (Å²) < 4.78 is 13.0. The molecule has 0 atom stereocenters. The molecule has 0 saturated carbocycles. The summed E-state index contributed by atoms with van der Waals surface area (Å²) >= 11 is 0. The average molecular weight is 190 g/mol. The van der Waals surface area contributed by atoms with E-state index in [9.17, 15) is 4.39 Å². The van der Waals surface area contributed by atoms with Gasteiger partial charge in [-0.05, 0) is 31.0 Å². The Balaban J connectivity index is 2.31. The van der Waals surface area contributed by atoms with Crippen LogP contribution in [-0.2, 0) is 0 Å². The van der Waals surface area contributed by atoms with Gasteiger partial charge < -0.3 is 4.90 Å². The lowest BCUT2D eigenvalue weighted by Crippen LogP contribution is -2.17. The summed E-state index contributed by atoms with van der Waals surface area (Å²) in [5.41, 5.74) is 1.09. The van der Waals surface area contributed by atoms with Crippen LogP contribution < -0.4 is 4.90 Å². The molecule has 0 aromatic heterocycles. The van der Waals surface area contributed by atoms with Gasteiger partial charge in [-0.3, -0.25) is 0 Å². The molecule has 0 amide bonds. The van der Waals surface area contributed by atoms with Crippen LogP contribution in [0.15, 0.2) is 18.2 Å². The molecule has 1 saturated heterocycles. The molecule has 0 aliphatic carbocycles. The monoisotopic (exact) mass is 190 g/mol. The van der Waals surface area contributed by atoms with Gasteiger partial charge in [0, 0.05) is 18.8 Å². The second-order valence-corrected chi connectivity index (χ2v) is 3.44. The maximum absolute atomic E-state index is 13.0. The van der Waals surface area contributed by atoms with Crippen molar-refractivity contribution >= 4 is 11.4 Å². The van der Waals surface area contributed by atoms with Crippen LogP contribution in [-0.4, -0.2) is 13.1 Å². The van der Waals surface area contributed by atoms with Crippen molar-refractivity contribution in [3.05, 3.63) is 35.4 Å². The zero-order valence-corrected chi connectivity index (χ0v) is 7.83. The van der Waals surface area contributed by atoms with Crippen molar-refractivity contribution in [2.45, 2.75) is 12.8 Å². The fourth-order valence-electron chi connectivity index (χ4n) is 1.76. The molecule has 2 rings (SSSR count). The summed E-state index contributed by atoms with van der Waals surface area (Å²) in [4.78, 5) is 5.34. The fraction of sp³-hybridized carbons (Fsp3) is 0.364. The Kier molecular flexibility index (Phi) is 2.36. The van der Waals surface area contributed by atoms with Crippen molar-refractivity contribution in [2.75, 3.05) is 18.0 Å². The molecule has 1 aliphatic heterocycles. The highest BCUT2D eigenvalue weighted by molar-refractivity contribution is 5.59. The minimum atomic E-state index is -0.428. The summed E-state index contributed by atoms with van der Waals surface area (Å²) in [5.74, 6) is -0.428. The van der Waals surface area contributed by atoms with E-state index >= 15 is 0 Å². The lowest BCUT2D eigenvalue weighted by Gasteiger charge is -2.17. The summed E-state index contributed by atoms with van der Waals surface area (Å²) in [7, 11) is 0. The number of halogens is 1. The smallest absolute Gasteiger partial charge is 0.224 e. The van der Waals surface area contributed by atoms with Gasteiger partial charge in [0.05, 0.1) is 6.57 Å². The first kappa shape index (κ1) is 9.01. The average Bonchev–Trinajstić information content (AvgIpc) is 2.71. The Hall–Kier alpha value is -1.56. The first-order chi connectivity index (χ1) is 6.81. The maximum atomic E-state index is 13.0. The minimum absolute atomic E-state index is 0.120. The molecule has 0 spiro atoms. The predicted molar refractivity (Wildman–Crippen MR) is 54.1 cm³/mol. The van der Waals surface area contributed by atoms with Gasteiger partial charge >= 0.3 is 0 Å². The largest absolute Gasteiger partial charge is 0.373 e. The van der Waals surface area contributed by atoms with E-state index in [4.69, 9.17) is 6.57 Å². The topological polar surface area (TPSA) is 7.60 Å². The van der Waals surface area contributed by atoms with Gasteiger partial charge in [-0.1, -0.05) is 0 Å². The van der Waals surface area contributed by atoms with E-state index in [0.717, 1.165) is 18.8 Å². The van der Waals surface area contributed by atoms with Crippen molar-refractivity contribution in [1.29, 1.82) is 0 Å². The Morgan fingerprint density at radius 2 is 2.00 bits per heavy atom. The van der Waals surface area contributed by atoms with Crippen LogP contribution >= 0.6 is 0 Å². The third kappa shape index (κ3) is 1.56. The Morgan fingerprint density at radius 1 is 1.29 bits per heavy atom. The van der Waals surface area contributed by atoms with E-state index in [0.29, 0.717) is 0 Å². The Morgan fingerprint density at radius 3 is 2.64 bits per heavy atom. The summed E-state index contributed by atoms with van der Waals surface area (Å²) in [6.45, 7) is 8.85. The minimum Gasteiger partial charge on any atom is -0.373 e. The lowest BCUT2D eigenvalue weighted by molar-refractivity contribution is 0.633. The molecule has 1 aliphatic rings. The van der Waals surface area contributed by atoms with E-state index < -0.39 is 5.82 Å². The van der Waals surface area contributed by atoms with Crippen LogP contribution in [0.2, 0.25) is 0 Å². The summed E-state index contributed by atoms with van der Waals surface area (Å²) in [6.07, 6.45) is 2.37. The van der Waals surface area contributed by atoms with Gasteiger partial charge in [-0.15, -0.1) is 0 Å². The van der Waals surface area contributed by atoms with Crippen LogP contribution in [0.4, 0.5) is 15.8 Å². The van der Waals surface area contributed by atoms with Gasteiger partial charge in [-0.2, -0.15) is 0 Å². The summed E-state index contributed by atoms with van der Waals surface area (Å²) in [6, 6.07) is 4.75. The number of hydrogen-bond donors (Lipinski definition) is 0. The quantitative estimate of drug-likeness (QED) is 0.618. The third-order valence-corrected chi connectivity index (χ3v) is 2.52. The number of hydrogen-bond acceptors (Lipinski definition) is 1. The van der Waals surface area contributed by atoms with Crippen LogP contribution in [0.25, 0.3) is 4.85 Å². The maximum Gasteiger partial charge on any atom is 0.224 e. The standard InChI is InChI=1S/C11H11FN2/c1-13-11-8-9(4-5-10(11)12)14-6-2-3-7-14/h4-5,8H,2-3,6-7H2. The Labute approximate surface area is 82.8 Å². The SMILES string of the molecule is [C-]#[N+]c1cc(N2CCCC2)ccc1F. The second-order valence-electron chi connectivity index (χ2n) is 3.44. The molecule has 1 fully saturated rings. The first-order valence-electron chi connectivity index (χ1n) is 4.73. The second kappa shape index (κ2) is 3.67. The molecule has 0 bridgehead atoms.